The molecule has 1 amide bonds. The van der Waals surface area contributed by atoms with Gasteiger partial charge in [0.15, 0.2) is 0 Å². The van der Waals surface area contributed by atoms with E-state index in [0.717, 1.165) is 6.07 Å². The first-order valence-electron chi connectivity index (χ1n) is 10.4. The highest BCUT2D eigenvalue weighted by atomic mass is 19.1. The Morgan fingerprint density at radius 2 is 2.13 bits per heavy atom. The molecule has 3 aromatic rings. The first-order chi connectivity index (χ1) is 15.7. The van der Waals surface area contributed by atoms with E-state index >= 15 is 0 Å². The van der Waals surface area contributed by atoms with Crippen molar-refractivity contribution in [3.63, 3.8) is 0 Å². The van der Waals surface area contributed by atoms with E-state index in [1.165, 1.54) is 37.8 Å². The molecule has 0 aliphatic carbocycles. The summed E-state index contributed by atoms with van der Waals surface area (Å²) in [6.07, 6.45) is 2.35. The fraction of sp³-hybridized carbons (Fsp3) is 0.238. The van der Waals surface area contributed by atoms with Gasteiger partial charge in [0.1, 0.15) is 23.4 Å². The predicted molar refractivity (Wildman–Crippen MR) is 106 cm³/mol. The Hall–Kier alpha value is -3.59. The molecule has 0 saturated heterocycles. The van der Waals surface area contributed by atoms with Crippen molar-refractivity contribution >= 4 is 5.91 Å². The maximum atomic E-state index is 14.3. The Morgan fingerprint density at radius 3 is 2.83 bits per heavy atom. The monoisotopic (exact) mass is 415 g/mol. The molecule has 0 aliphatic rings. The summed E-state index contributed by atoms with van der Waals surface area (Å²) in [6.45, 7) is -0.481. The highest BCUT2D eigenvalue weighted by Crippen LogP contribution is 2.24. The molecule has 2 aromatic heterocycles. The number of halogens is 1. The third kappa shape index (κ3) is 5.06. The van der Waals surface area contributed by atoms with Gasteiger partial charge in [0.05, 0.1) is 31.8 Å². The number of ether oxygens (including phenoxy) is 2. The molecule has 1 N–H and O–H groups in total. The van der Waals surface area contributed by atoms with Gasteiger partial charge < -0.3 is 9.47 Å². The number of rotatable bonds is 8. The van der Waals surface area contributed by atoms with E-state index < -0.39 is 24.7 Å². The molecular weight excluding hydrogens is 391 g/mol. The number of aromatic nitrogens is 3. The number of pyridine rings is 1. The third-order valence-corrected chi connectivity index (χ3v) is 3.95. The molecule has 0 saturated carbocycles. The summed E-state index contributed by atoms with van der Waals surface area (Å²) in [5.41, 5.74) is 2.53. The molecular formula is C21H21FN4O4. The molecule has 9 heteroatoms. The smallest absolute Gasteiger partial charge is 0.295 e. The first-order valence-corrected chi connectivity index (χ1v) is 8.93. The van der Waals surface area contributed by atoms with E-state index in [1.807, 2.05) is 12.4 Å². The molecule has 0 radical (unpaired) electrons. The van der Waals surface area contributed by atoms with Gasteiger partial charge in [-0.25, -0.2) is 19.8 Å². The lowest BCUT2D eigenvalue weighted by Gasteiger charge is -2.15. The zero-order valence-corrected chi connectivity index (χ0v) is 16.3. The number of nitrogens with zero attached hydrogens (tertiary/aromatic N) is 3. The van der Waals surface area contributed by atoms with Gasteiger partial charge >= 0.3 is 0 Å². The largest absolute Gasteiger partial charge is 0.497 e. The quantitative estimate of drug-likeness (QED) is 0.563. The summed E-state index contributed by atoms with van der Waals surface area (Å²) >= 11 is 0. The number of benzene rings is 1. The molecule has 2 heterocycles. The maximum absolute atomic E-state index is 14.3. The van der Waals surface area contributed by atoms with Crippen molar-refractivity contribution in [3.05, 3.63) is 66.0 Å². The second kappa shape index (κ2) is 9.75. The molecule has 3 rings (SSSR count). The van der Waals surface area contributed by atoms with Crippen LogP contribution in [0.2, 0.25) is 0 Å². The summed E-state index contributed by atoms with van der Waals surface area (Å²) < 4.78 is 47.7. The van der Waals surface area contributed by atoms with Crippen LogP contribution >= 0.6 is 0 Å². The Balaban J connectivity index is 1.78. The van der Waals surface area contributed by atoms with Gasteiger partial charge in [0.25, 0.3) is 5.91 Å². The van der Waals surface area contributed by atoms with Crippen LogP contribution in [-0.2, 0) is 4.84 Å². The Bertz CT molecular complexity index is 1110. The molecule has 0 aliphatic heterocycles. The number of nitrogens with one attached hydrogen (secondary N) is 1. The van der Waals surface area contributed by atoms with Gasteiger partial charge in [-0.1, -0.05) is 0 Å². The van der Waals surface area contributed by atoms with Crippen molar-refractivity contribution in [1.82, 2.24) is 20.4 Å². The first kappa shape index (κ1) is 17.3. The predicted octanol–water partition coefficient (Wildman–Crippen LogP) is 3.51. The molecule has 1 atom stereocenters. The number of amides is 1. The average molecular weight is 415 g/mol. The number of hydroxylamine groups is 1. The van der Waals surface area contributed by atoms with Gasteiger partial charge in [-0.2, -0.15) is 0 Å². The third-order valence-electron chi connectivity index (χ3n) is 3.95. The summed E-state index contributed by atoms with van der Waals surface area (Å²) in [4.78, 5) is 30.0. The molecule has 156 valence electrons. The van der Waals surface area contributed by atoms with Crippen LogP contribution in [0.5, 0.6) is 11.6 Å². The summed E-state index contributed by atoms with van der Waals surface area (Å²) in [5, 5.41) is 0. The van der Waals surface area contributed by atoms with Crippen molar-refractivity contribution < 1.29 is 27.6 Å². The van der Waals surface area contributed by atoms with Crippen LogP contribution in [0.3, 0.4) is 0 Å². The molecule has 8 nitrogen and oxygen atoms in total. The van der Waals surface area contributed by atoms with Crippen LogP contribution < -0.4 is 15.0 Å². The number of hydrogen-bond acceptors (Lipinski definition) is 7. The van der Waals surface area contributed by atoms with Crippen LogP contribution in [0.4, 0.5) is 4.39 Å². The van der Waals surface area contributed by atoms with Crippen LogP contribution in [-0.4, -0.2) is 34.6 Å². The van der Waals surface area contributed by atoms with Crippen LogP contribution in [0, 0.1) is 5.82 Å². The molecule has 1 aromatic carbocycles. The standard InChI is InChI=1S/C21H21FN4O4/c1-4-29-20-8-5-14(10-24-20)18-11-23-12-19(25-18)21(27)26-30-13(2)16-9-15(28-3)6-7-17(16)22/h5-13H,4H2,1-3H3,(H,26,27)/t13-/m1/s1/i2D3. The van der Waals surface area contributed by atoms with E-state index in [-0.39, 0.29) is 17.0 Å². The molecule has 30 heavy (non-hydrogen) atoms. The summed E-state index contributed by atoms with van der Waals surface area (Å²) in [7, 11) is 1.36. The minimum atomic E-state index is -2.79. The van der Waals surface area contributed by atoms with Gasteiger partial charge in [-0.3, -0.25) is 14.6 Å². The lowest BCUT2D eigenvalue weighted by atomic mass is 10.1. The fourth-order valence-electron chi connectivity index (χ4n) is 2.46. The van der Waals surface area contributed by atoms with Crippen LogP contribution in [0.15, 0.2) is 48.9 Å². The van der Waals surface area contributed by atoms with Crippen molar-refractivity contribution in [2.45, 2.75) is 19.9 Å². The van der Waals surface area contributed by atoms with Gasteiger partial charge in [0, 0.05) is 27.5 Å². The Kier molecular flexibility index (Phi) is 5.62. The van der Waals surface area contributed by atoms with Gasteiger partial charge in [-0.15, -0.1) is 0 Å². The number of carbonyl (C=O) groups is 1. The van der Waals surface area contributed by atoms with Crippen LogP contribution in [0.25, 0.3) is 11.3 Å². The van der Waals surface area contributed by atoms with Crippen molar-refractivity contribution in [1.29, 1.82) is 0 Å². The minimum Gasteiger partial charge on any atom is -0.497 e. The van der Waals surface area contributed by atoms with Crippen LogP contribution in [0.1, 0.15) is 40.0 Å². The number of carbonyl (C=O) groups excluding carboxylic acids is 1. The van der Waals surface area contributed by atoms with E-state index in [9.17, 15) is 9.18 Å². The Morgan fingerprint density at radius 1 is 1.27 bits per heavy atom. The number of methoxy groups -OCH3 is 1. The van der Waals surface area contributed by atoms with Gasteiger partial charge in [0.2, 0.25) is 5.88 Å². The van der Waals surface area contributed by atoms with Gasteiger partial charge in [-0.05, 0) is 38.0 Å². The van der Waals surface area contributed by atoms with Crippen molar-refractivity contribution in [2.75, 3.05) is 13.7 Å². The Labute approximate surface area is 177 Å². The van der Waals surface area contributed by atoms with Crippen molar-refractivity contribution in [2.24, 2.45) is 0 Å². The highest BCUT2D eigenvalue weighted by Gasteiger charge is 2.16. The molecule has 0 spiro atoms. The van der Waals surface area contributed by atoms with E-state index in [0.29, 0.717) is 23.7 Å². The maximum Gasteiger partial charge on any atom is 0.295 e. The topological polar surface area (TPSA) is 95.5 Å². The fourth-order valence-corrected chi connectivity index (χ4v) is 2.46. The average Bonchev–Trinajstić information content (AvgIpc) is 2.80. The minimum absolute atomic E-state index is 0.142. The van der Waals surface area contributed by atoms with E-state index in [1.54, 1.807) is 12.1 Å². The van der Waals surface area contributed by atoms with E-state index in [2.05, 4.69) is 15.0 Å². The lowest BCUT2D eigenvalue weighted by molar-refractivity contribution is -0.0107. The second-order valence-corrected chi connectivity index (χ2v) is 5.92. The SMILES string of the molecule is [2H]C([2H])([2H])[C@@H](ONC(=O)c1cncc(-c2ccc(OCC)nc2)n1)c1cc(OC)ccc1F. The van der Waals surface area contributed by atoms with E-state index in [4.69, 9.17) is 18.4 Å². The lowest BCUT2D eigenvalue weighted by Crippen LogP contribution is -2.26. The second-order valence-electron chi connectivity index (χ2n) is 5.92. The molecule has 0 bridgehead atoms. The summed E-state index contributed by atoms with van der Waals surface area (Å²) in [6, 6.07) is 6.94. The molecule has 0 fully saturated rings. The number of hydrogen-bond donors (Lipinski definition) is 1. The normalized spacial score (nSPS) is 13.5. The zero-order valence-electron chi connectivity index (χ0n) is 19.3. The summed E-state index contributed by atoms with van der Waals surface area (Å²) in [5.74, 6) is -1.01. The highest BCUT2D eigenvalue weighted by molar-refractivity contribution is 5.91. The van der Waals surface area contributed by atoms with Crippen molar-refractivity contribution in [3.8, 4) is 22.9 Å². The molecule has 0 unspecified atom stereocenters. The zero-order chi connectivity index (χ0) is 24.0.